The Hall–Kier alpha value is -3.49. The van der Waals surface area contributed by atoms with Gasteiger partial charge in [0.25, 0.3) is 5.91 Å². The highest BCUT2D eigenvalue weighted by atomic mass is 19.1. The van der Waals surface area contributed by atoms with Crippen LogP contribution in [-0.4, -0.2) is 45.3 Å². The number of aromatic nitrogens is 4. The standard InChI is InChI=1S/C21H24FN7O/c1-21(2)19(30)27(3)17-11-24-20(26-18(17)28(21)4)23-9-15-10-25-29(13-15)12-14-5-7-16(22)8-6-14/h5-8,10-11,13H,9,12H2,1-4H3,(H,23,24,26). The van der Waals surface area contributed by atoms with Crippen LogP contribution in [0.2, 0.25) is 0 Å². The maximum atomic E-state index is 13.0. The van der Waals surface area contributed by atoms with E-state index in [0.29, 0.717) is 30.5 Å². The average molecular weight is 409 g/mol. The normalized spacial score (nSPS) is 15.3. The van der Waals surface area contributed by atoms with Crippen LogP contribution in [0.15, 0.2) is 42.9 Å². The molecule has 0 bridgehead atoms. The summed E-state index contributed by atoms with van der Waals surface area (Å²) in [5.41, 5.74) is 1.94. The number of carbonyl (C=O) groups is 1. The Bertz CT molecular complexity index is 1080. The fourth-order valence-corrected chi connectivity index (χ4v) is 3.41. The lowest BCUT2D eigenvalue weighted by Crippen LogP contribution is -2.58. The first kappa shape index (κ1) is 19.8. The van der Waals surface area contributed by atoms with Gasteiger partial charge in [0.15, 0.2) is 5.82 Å². The third kappa shape index (κ3) is 3.58. The van der Waals surface area contributed by atoms with E-state index in [0.717, 1.165) is 11.1 Å². The van der Waals surface area contributed by atoms with Crippen LogP contribution in [0, 0.1) is 5.82 Å². The smallest absolute Gasteiger partial charge is 0.252 e. The van der Waals surface area contributed by atoms with Crippen LogP contribution < -0.4 is 15.1 Å². The number of carbonyl (C=O) groups excluding carboxylic acids is 1. The van der Waals surface area contributed by atoms with E-state index in [2.05, 4.69) is 20.4 Å². The van der Waals surface area contributed by atoms with Crippen LogP contribution in [0.5, 0.6) is 0 Å². The molecular weight excluding hydrogens is 385 g/mol. The molecule has 0 aliphatic carbocycles. The minimum atomic E-state index is -0.686. The molecule has 1 aliphatic heterocycles. The number of nitrogens with zero attached hydrogens (tertiary/aromatic N) is 6. The number of hydrogen-bond acceptors (Lipinski definition) is 6. The number of halogens is 1. The predicted molar refractivity (Wildman–Crippen MR) is 113 cm³/mol. The van der Waals surface area contributed by atoms with E-state index in [9.17, 15) is 9.18 Å². The highest BCUT2D eigenvalue weighted by Crippen LogP contribution is 2.37. The van der Waals surface area contributed by atoms with Gasteiger partial charge >= 0.3 is 0 Å². The third-order valence-electron chi connectivity index (χ3n) is 5.49. The summed E-state index contributed by atoms with van der Waals surface area (Å²) in [4.78, 5) is 25.0. The lowest BCUT2D eigenvalue weighted by Gasteiger charge is -2.43. The van der Waals surface area contributed by atoms with E-state index in [1.54, 1.807) is 41.2 Å². The zero-order valence-corrected chi connectivity index (χ0v) is 17.4. The van der Waals surface area contributed by atoms with E-state index in [1.807, 2.05) is 32.0 Å². The molecule has 156 valence electrons. The highest BCUT2D eigenvalue weighted by molar-refractivity contribution is 6.06. The first-order valence-corrected chi connectivity index (χ1v) is 9.64. The monoisotopic (exact) mass is 409 g/mol. The molecule has 0 saturated carbocycles. The fourth-order valence-electron chi connectivity index (χ4n) is 3.41. The van der Waals surface area contributed by atoms with Crippen molar-refractivity contribution in [3.05, 3.63) is 59.8 Å². The van der Waals surface area contributed by atoms with E-state index in [1.165, 1.54) is 12.1 Å². The van der Waals surface area contributed by atoms with Crippen molar-refractivity contribution in [2.24, 2.45) is 0 Å². The Morgan fingerprint density at radius 1 is 1.10 bits per heavy atom. The maximum absolute atomic E-state index is 13.0. The van der Waals surface area contributed by atoms with Crippen molar-refractivity contribution < 1.29 is 9.18 Å². The van der Waals surface area contributed by atoms with Gasteiger partial charge in [-0.1, -0.05) is 12.1 Å². The van der Waals surface area contributed by atoms with Gasteiger partial charge in [0.2, 0.25) is 5.95 Å². The first-order chi connectivity index (χ1) is 14.3. The van der Waals surface area contributed by atoms with Gasteiger partial charge in [-0.3, -0.25) is 9.48 Å². The molecule has 0 atom stereocenters. The number of benzene rings is 1. The second kappa shape index (κ2) is 7.40. The number of hydrogen-bond donors (Lipinski definition) is 1. The minimum absolute atomic E-state index is 0.00428. The summed E-state index contributed by atoms with van der Waals surface area (Å²) in [6.07, 6.45) is 5.36. The van der Waals surface area contributed by atoms with E-state index in [4.69, 9.17) is 0 Å². The quantitative estimate of drug-likeness (QED) is 0.698. The van der Waals surface area contributed by atoms with Crippen LogP contribution in [0.3, 0.4) is 0 Å². The van der Waals surface area contributed by atoms with Gasteiger partial charge in [-0.2, -0.15) is 10.1 Å². The summed E-state index contributed by atoms with van der Waals surface area (Å²) < 4.78 is 14.8. The highest BCUT2D eigenvalue weighted by Gasteiger charge is 2.42. The van der Waals surface area contributed by atoms with Crippen LogP contribution >= 0.6 is 0 Å². The molecule has 8 nitrogen and oxygen atoms in total. The summed E-state index contributed by atoms with van der Waals surface area (Å²) in [6, 6.07) is 6.38. The van der Waals surface area contributed by atoms with Gasteiger partial charge in [0, 0.05) is 32.4 Å². The van der Waals surface area contributed by atoms with Crippen molar-refractivity contribution >= 4 is 23.4 Å². The largest absolute Gasteiger partial charge is 0.350 e. The van der Waals surface area contributed by atoms with Gasteiger partial charge in [-0.05, 0) is 31.5 Å². The topological polar surface area (TPSA) is 79.2 Å². The Labute approximate surface area is 174 Å². The van der Waals surface area contributed by atoms with E-state index in [-0.39, 0.29) is 11.7 Å². The zero-order chi connectivity index (χ0) is 21.5. The lowest BCUT2D eigenvalue weighted by molar-refractivity contribution is -0.122. The van der Waals surface area contributed by atoms with Crippen LogP contribution in [0.1, 0.15) is 25.0 Å². The average Bonchev–Trinajstić information content (AvgIpc) is 3.18. The van der Waals surface area contributed by atoms with E-state index < -0.39 is 5.54 Å². The molecule has 0 spiro atoms. The van der Waals surface area contributed by atoms with E-state index >= 15 is 0 Å². The van der Waals surface area contributed by atoms with Gasteiger partial charge < -0.3 is 15.1 Å². The number of likely N-dealkylation sites (N-methyl/N-ethyl adjacent to an activating group) is 2. The molecule has 9 heteroatoms. The second-order valence-corrected chi connectivity index (χ2v) is 7.91. The zero-order valence-electron chi connectivity index (χ0n) is 17.4. The van der Waals surface area contributed by atoms with Crippen LogP contribution in [-0.2, 0) is 17.9 Å². The summed E-state index contributed by atoms with van der Waals surface area (Å²) in [5, 5.41) is 7.57. The number of nitrogens with one attached hydrogen (secondary N) is 1. The van der Waals surface area contributed by atoms with Crippen molar-refractivity contribution in [2.45, 2.75) is 32.5 Å². The second-order valence-electron chi connectivity index (χ2n) is 7.91. The molecule has 0 unspecified atom stereocenters. The van der Waals surface area contributed by atoms with Crippen molar-refractivity contribution in [2.75, 3.05) is 29.2 Å². The van der Waals surface area contributed by atoms with Crippen molar-refractivity contribution in [1.29, 1.82) is 0 Å². The number of amides is 1. The SMILES string of the molecule is CN1C(=O)C(C)(C)N(C)c2nc(NCc3cnn(Cc4ccc(F)cc4)c3)ncc21. The Morgan fingerprint density at radius 3 is 2.57 bits per heavy atom. The van der Waals surface area contributed by atoms with Crippen molar-refractivity contribution in [3.8, 4) is 0 Å². The maximum Gasteiger partial charge on any atom is 0.252 e. The molecular formula is C21H24FN7O. The lowest BCUT2D eigenvalue weighted by atomic mass is 9.98. The summed E-state index contributed by atoms with van der Waals surface area (Å²) in [5.74, 6) is 0.922. The van der Waals surface area contributed by atoms with Crippen LogP contribution in [0.4, 0.5) is 21.8 Å². The molecule has 30 heavy (non-hydrogen) atoms. The number of anilines is 3. The molecule has 0 radical (unpaired) electrons. The minimum Gasteiger partial charge on any atom is -0.350 e. The summed E-state index contributed by atoms with van der Waals surface area (Å²) >= 11 is 0. The third-order valence-corrected chi connectivity index (χ3v) is 5.49. The molecule has 3 heterocycles. The molecule has 4 rings (SSSR count). The Morgan fingerprint density at radius 2 is 1.83 bits per heavy atom. The first-order valence-electron chi connectivity index (χ1n) is 9.64. The Balaban J connectivity index is 1.45. The molecule has 0 fully saturated rings. The summed E-state index contributed by atoms with van der Waals surface area (Å²) in [7, 11) is 3.60. The van der Waals surface area contributed by atoms with Crippen molar-refractivity contribution in [1.82, 2.24) is 19.7 Å². The molecule has 0 saturated heterocycles. The molecule has 1 N–H and O–H groups in total. The van der Waals surface area contributed by atoms with Crippen molar-refractivity contribution in [3.63, 3.8) is 0 Å². The summed E-state index contributed by atoms with van der Waals surface area (Å²) in [6.45, 7) is 4.82. The molecule has 1 amide bonds. The molecule has 1 aromatic carbocycles. The number of fused-ring (bicyclic) bond motifs is 1. The van der Waals surface area contributed by atoms with Gasteiger partial charge in [0.1, 0.15) is 17.0 Å². The molecule has 2 aromatic heterocycles. The van der Waals surface area contributed by atoms with Crippen LogP contribution in [0.25, 0.3) is 0 Å². The van der Waals surface area contributed by atoms with Gasteiger partial charge in [-0.15, -0.1) is 0 Å². The Kier molecular flexibility index (Phi) is 4.89. The molecule has 3 aromatic rings. The van der Waals surface area contributed by atoms with Gasteiger partial charge in [-0.25, -0.2) is 9.37 Å². The number of rotatable bonds is 5. The fraction of sp³-hybridized carbons (Fsp3) is 0.333. The molecule has 1 aliphatic rings. The predicted octanol–water partition coefficient (Wildman–Crippen LogP) is 2.66. The van der Waals surface area contributed by atoms with Gasteiger partial charge in [0.05, 0.1) is 18.9 Å².